The summed E-state index contributed by atoms with van der Waals surface area (Å²) in [5.41, 5.74) is -0.691. The number of carboxylic acid groups (broad SMARTS) is 1. The minimum absolute atomic E-state index is 0.164. The van der Waals surface area contributed by atoms with E-state index in [0.29, 0.717) is 19.8 Å². The van der Waals surface area contributed by atoms with Gasteiger partial charge < -0.3 is 29.4 Å². The molecule has 0 saturated carbocycles. The normalized spacial score (nSPS) is 12.8. The number of carbonyl (C=O) groups excluding carboxylic acids is 1. The first-order chi connectivity index (χ1) is 9.76. The van der Waals surface area contributed by atoms with Gasteiger partial charge in [-0.2, -0.15) is 0 Å². The molecule has 21 heavy (non-hydrogen) atoms. The Morgan fingerprint density at radius 1 is 1.10 bits per heavy atom. The summed E-state index contributed by atoms with van der Waals surface area (Å²) in [6, 6.07) is -1.17. The number of nitrogens with one attached hydrogen (secondary N) is 1. The third-order valence-corrected chi connectivity index (χ3v) is 2.08. The van der Waals surface area contributed by atoms with Crippen LogP contribution in [0.2, 0.25) is 0 Å². The van der Waals surface area contributed by atoms with E-state index in [0.717, 1.165) is 0 Å². The highest BCUT2D eigenvalue weighted by atomic mass is 16.6. The lowest BCUT2D eigenvalue weighted by molar-refractivity contribution is -0.141. The van der Waals surface area contributed by atoms with Gasteiger partial charge in [0.15, 0.2) is 6.04 Å². The maximum Gasteiger partial charge on any atom is 0.408 e. The molecule has 0 aliphatic rings. The molecule has 0 aromatic carbocycles. The van der Waals surface area contributed by atoms with Crippen LogP contribution < -0.4 is 5.32 Å². The van der Waals surface area contributed by atoms with E-state index in [1.165, 1.54) is 0 Å². The zero-order valence-corrected chi connectivity index (χ0v) is 13.0. The molecule has 1 amide bonds. The summed E-state index contributed by atoms with van der Waals surface area (Å²) in [5, 5.41) is 11.2. The predicted molar refractivity (Wildman–Crippen MR) is 74.3 cm³/mol. The number of aliphatic carboxylic acids is 1. The van der Waals surface area contributed by atoms with Crippen molar-refractivity contribution in [2.24, 2.45) is 0 Å². The van der Waals surface area contributed by atoms with Crippen molar-refractivity contribution in [1.29, 1.82) is 0 Å². The van der Waals surface area contributed by atoms with Crippen molar-refractivity contribution in [3.8, 4) is 0 Å². The zero-order chi connectivity index (χ0) is 16.3. The van der Waals surface area contributed by atoms with Gasteiger partial charge in [0.05, 0.1) is 33.0 Å². The van der Waals surface area contributed by atoms with E-state index in [1.807, 2.05) is 0 Å². The zero-order valence-electron chi connectivity index (χ0n) is 13.0. The summed E-state index contributed by atoms with van der Waals surface area (Å²) in [4.78, 5) is 22.5. The molecule has 0 spiro atoms. The first-order valence-electron chi connectivity index (χ1n) is 6.63. The molecule has 124 valence electrons. The van der Waals surface area contributed by atoms with Crippen molar-refractivity contribution in [3.63, 3.8) is 0 Å². The molecule has 0 radical (unpaired) electrons. The van der Waals surface area contributed by atoms with E-state index in [-0.39, 0.29) is 13.2 Å². The molecule has 0 heterocycles. The predicted octanol–water partition coefficient (Wildman–Crippen LogP) is 0.644. The summed E-state index contributed by atoms with van der Waals surface area (Å²) in [7, 11) is 1.57. The van der Waals surface area contributed by atoms with E-state index in [9.17, 15) is 9.59 Å². The summed E-state index contributed by atoms with van der Waals surface area (Å²) < 4.78 is 20.1. The smallest absolute Gasteiger partial charge is 0.408 e. The topological polar surface area (TPSA) is 103 Å². The molecule has 0 rings (SSSR count). The molecule has 8 heteroatoms. The van der Waals surface area contributed by atoms with Crippen LogP contribution in [0.1, 0.15) is 20.8 Å². The fraction of sp³-hybridized carbons (Fsp3) is 0.846. The summed E-state index contributed by atoms with van der Waals surface area (Å²) in [5.74, 6) is -1.19. The monoisotopic (exact) mass is 307 g/mol. The second-order valence-corrected chi connectivity index (χ2v) is 5.22. The maximum absolute atomic E-state index is 11.5. The maximum atomic E-state index is 11.5. The summed E-state index contributed by atoms with van der Waals surface area (Å²) >= 11 is 0. The highest BCUT2D eigenvalue weighted by Gasteiger charge is 2.23. The van der Waals surface area contributed by atoms with E-state index < -0.39 is 23.7 Å². The molecule has 0 bridgehead atoms. The Labute approximate surface area is 124 Å². The molecule has 0 aliphatic heterocycles. The van der Waals surface area contributed by atoms with Crippen molar-refractivity contribution in [3.05, 3.63) is 0 Å². The van der Waals surface area contributed by atoms with Crippen molar-refractivity contribution < 1.29 is 33.6 Å². The second kappa shape index (κ2) is 10.4. The lowest BCUT2D eigenvalue weighted by Gasteiger charge is -2.22. The van der Waals surface area contributed by atoms with Crippen molar-refractivity contribution in [2.75, 3.05) is 40.1 Å². The van der Waals surface area contributed by atoms with Crippen LogP contribution in [0.5, 0.6) is 0 Å². The number of carbonyl (C=O) groups is 2. The summed E-state index contributed by atoms with van der Waals surface area (Å²) in [6.45, 7) is 6.38. The van der Waals surface area contributed by atoms with Crippen molar-refractivity contribution in [2.45, 2.75) is 32.4 Å². The minimum Gasteiger partial charge on any atom is -0.480 e. The average Bonchev–Trinajstić information content (AvgIpc) is 2.33. The average molecular weight is 307 g/mol. The molecule has 1 atom stereocenters. The molecule has 8 nitrogen and oxygen atoms in total. The number of rotatable bonds is 10. The lowest BCUT2D eigenvalue weighted by atomic mass is 10.2. The van der Waals surface area contributed by atoms with Crippen LogP contribution in [0.3, 0.4) is 0 Å². The number of amides is 1. The molecular weight excluding hydrogens is 282 g/mol. The van der Waals surface area contributed by atoms with Crippen LogP contribution in [0, 0.1) is 0 Å². The Balaban J connectivity index is 3.93. The quantitative estimate of drug-likeness (QED) is 0.571. The second-order valence-electron chi connectivity index (χ2n) is 5.22. The lowest BCUT2D eigenvalue weighted by Crippen LogP contribution is -2.46. The van der Waals surface area contributed by atoms with Gasteiger partial charge in [-0.05, 0) is 20.8 Å². The number of hydrogen-bond donors (Lipinski definition) is 2. The van der Waals surface area contributed by atoms with Gasteiger partial charge in [0.1, 0.15) is 5.60 Å². The standard InChI is InChI=1S/C13H25NO7/c1-13(2,3)21-12(17)14-10(11(15)16)9-20-8-7-19-6-5-18-4/h10H,5-9H2,1-4H3,(H,14,17)(H,15,16)/t10-/m1/s1. The highest BCUT2D eigenvalue weighted by Crippen LogP contribution is 2.06. The van der Waals surface area contributed by atoms with Crippen LogP contribution in [-0.2, 0) is 23.7 Å². The van der Waals surface area contributed by atoms with E-state index in [4.69, 9.17) is 24.1 Å². The largest absolute Gasteiger partial charge is 0.480 e. The first-order valence-corrected chi connectivity index (χ1v) is 6.63. The van der Waals surface area contributed by atoms with Crippen molar-refractivity contribution >= 4 is 12.1 Å². The molecule has 0 unspecified atom stereocenters. The number of methoxy groups -OCH3 is 1. The van der Waals surface area contributed by atoms with Gasteiger partial charge in [-0.3, -0.25) is 0 Å². The molecule has 2 N–H and O–H groups in total. The van der Waals surface area contributed by atoms with Gasteiger partial charge >= 0.3 is 12.1 Å². The third kappa shape index (κ3) is 12.1. The van der Waals surface area contributed by atoms with Crippen LogP contribution in [0.4, 0.5) is 4.79 Å². The number of hydrogen-bond acceptors (Lipinski definition) is 6. The van der Waals surface area contributed by atoms with E-state index >= 15 is 0 Å². The van der Waals surface area contributed by atoms with Crippen LogP contribution in [0.25, 0.3) is 0 Å². The molecule has 0 fully saturated rings. The van der Waals surface area contributed by atoms with Gasteiger partial charge in [0.25, 0.3) is 0 Å². The van der Waals surface area contributed by atoms with E-state index in [2.05, 4.69) is 5.32 Å². The third-order valence-electron chi connectivity index (χ3n) is 2.08. The van der Waals surface area contributed by atoms with Gasteiger partial charge in [0, 0.05) is 7.11 Å². The summed E-state index contributed by atoms with van der Waals surface area (Å²) in [6.07, 6.45) is -0.796. The van der Waals surface area contributed by atoms with Crippen molar-refractivity contribution in [1.82, 2.24) is 5.32 Å². The van der Waals surface area contributed by atoms with Gasteiger partial charge in [0.2, 0.25) is 0 Å². The molecule has 0 saturated heterocycles. The van der Waals surface area contributed by atoms with Gasteiger partial charge in [-0.15, -0.1) is 0 Å². The van der Waals surface area contributed by atoms with Gasteiger partial charge in [-0.1, -0.05) is 0 Å². The highest BCUT2D eigenvalue weighted by molar-refractivity contribution is 5.80. The Kier molecular flexibility index (Phi) is 9.68. The Hall–Kier alpha value is -1.38. The number of carboxylic acids is 1. The SMILES string of the molecule is COCCOCCOC[C@@H](NC(=O)OC(C)(C)C)C(=O)O. The minimum atomic E-state index is -1.19. The van der Waals surface area contributed by atoms with Gasteiger partial charge in [-0.25, -0.2) is 9.59 Å². The first kappa shape index (κ1) is 19.6. The Morgan fingerprint density at radius 3 is 2.19 bits per heavy atom. The van der Waals surface area contributed by atoms with Crippen LogP contribution in [0.15, 0.2) is 0 Å². The Morgan fingerprint density at radius 2 is 1.67 bits per heavy atom. The van der Waals surface area contributed by atoms with E-state index in [1.54, 1.807) is 27.9 Å². The van der Waals surface area contributed by atoms with Crippen LogP contribution in [-0.4, -0.2) is 69.0 Å². The molecule has 0 aliphatic carbocycles. The molecule has 0 aromatic rings. The molecule has 0 aromatic heterocycles. The van der Waals surface area contributed by atoms with Crippen LogP contribution >= 0.6 is 0 Å². The number of alkyl carbamates (subject to hydrolysis) is 1. The fourth-order valence-electron chi connectivity index (χ4n) is 1.19. The Bertz CT molecular complexity index is 314. The molecular formula is C13H25NO7. The number of ether oxygens (including phenoxy) is 4. The fourth-order valence-corrected chi connectivity index (χ4v) is 1.19.